The molecule has 2 rings (SSSR count). The molecule has 1 atom stereocenters. The lowest BCUT2D eigenvalue weighted by Crippen LogP contribution is -2.11. The van der Waals surface area contributed by atoms with Crippen LogP contribution in [0.15, 0.2) is 15.2 Å². The Hall–Kier alpha value is -0.0600. The maximum atomic E-state index is 5.09. The van der Waals surface area contributed by atoms with E-state index in [1.165, 1.54) is 6.42 Å². The van der Waals surface area contributed by atoms with Gasteiger partial charge in [0.05, 0.1) is 6.04 Å². The fourth-order valence-electron chi connectivity index (χ4n) is 1.36. The van der Waals surface area contributed by atoms with Crippen LogP contribution in [0.2, 0.25) is 0 Å². The molecule has 1 N–H and O–H groups in total. The van der Waals surface area contributed by atoms with Gasteiger partial charge in [-0.1, -0.05) is 5.16 Å². The molecule has 1 aromatic heterocycles. The molecule has 0 radical (unpaired) electrons. The first-order chi connectivity index (χ1) is 5.36. The summed E-state index contributed by atoms with van der Waals surface area (Å²) in [5, 5.41) is 7.09. The normalized spacial score (nSPS) is 22.2. The standard InChI is InChI=1S/C7H9BrN2O.ClH/c8-7-4-6(11-10-7)5-2-1-3-9-5;/h4-5,9H,1-3H2;1H. The minimum Gasteiger partial charge on any atom is -0.359 e. The zero-order valence-electron chi connectivity index (χ0n) is 6.42. The molecule has 0 spiro atoms. The predicted molar refractivity (Wildman–Crippen MR) is 51.4 cm³/mol. The molecule has 0 bridgehead atoms. The van der Waals surface area contributed by atoms with Crippen molar-refractivity contribution in [3.8, 4) is 0 Å². The summed E-state index contributed by atoms with van der Waals surface area (Å²) in [7, 11) is 0. The largest absolute Gasteiger partial charge is 0.359 e. The maximum absolute atomic E-state index is 5.09. The number of hydrogen-bond acceptors (Lipinski definition) is 3. The lowest BCUT2D eigenvalue weighted by Gasteiger charge is -2.02. The van der Waals surface area contributed by atoms with Crippen LogP contribution < -0.4 is 5.32 Å². The van der Waals surface area contributed by atoms with Crippen LogP contribution in [-0.4, -0.2) is 11.7 Å². The Kier molecular flexibility index (Phi) is 3.55. The second-order valence-corrected chi connectivity index (χ2v) is 3.51. The van der Waals surface area contributed by atoms with Gasteiger partial charge in [-0.3, -0.25) is 0 Å². The Morgan fingerprint density at radius 3 is 3.00 bits per heavy atom. The Bertz CT molecular complexity index is 247. The number of hydrogen-bond donors (Lipinski definition) is 1. The molecule has 5 heteroatoms. The van der Waals surface area contributed by atoms with Gasteiger partial charge in [0.25, 0.3) is 0 Å². The lowest BCUT2D eigenvalue weighted by atomic mass is 10.2. The summed E-state index contributed by atoms with van der Waals surface area (Å²) in [6.07, 6.45) is 2.38. The highest BCUT2D eigenvalue weighted by Crippen LogP contribution is 2.24. The molecule has 1 aliphatic rings. The first-order valence-electron chi connectivity index (χ1n) is 3.72. The van der Waals surface area contributed by atoms with Gasteiger partial charge in [0.15, 0.2) is 5.76 Å². The Balaban J connectivity index is 0.000000720. The fraction of sp³-hybridized carbons (Fsp3) is 0.571. The number of aromatic nitrogens is 1. The summed E-state index contributed by atoms with van der Waals surface area (Å²) in [6, 6.07) is 2.30. The third kappa shape index (κ3) is 2.00. The molecule has 0 saturated carbocycles. The molecule has 1 saturated heterocycles. The van der Waals surface area contributed by atoms with E-state index >= 15 is 0 Å². The summed E-state index contributed by atoms with van der Waals surface area (Å²) in [5.41, 5.74) is 0. The second kappa shape index (κ2) is 4.25. The highest BCUT2D eigenvalue weighted by molar-refractivity contribution is 9.10. The topological polar surface area (TPSA) is 38.1 Å². The summed E-state index contributed by atoms with van der Waals surface area (Å²) in [4.78, 5) is 0. The smallest absolute Gasteiger partial charge is 0.154 e. The van der Waals surface area contributed by atoms with Gasteiger partial charge >= 0.3 is 0 Å². The van der Waals surface area contributed by atoms with Crippen molar-refractivity contribution in [2.45, 2.75) is 18.9 Å². The van der Waals surface area contributed by atoms with Crippen LogP contribution in [0.4, 0.5) is 0 Å². The van der Waals surface area contributed by atoms with Gasteiger partial charge in [0.2, 0.25) is 0 Å². The summed E-state index contributed by atoms with van der Waals surface area (Å²) < 4.78 is 5.87. The highest BCUT2D eigenvalue weighted by atomic mass is 79.9. The summed E-state index contributed by atoms with van der Waals surface area (Å²) in [6.45, 7) is 1.09. The van der Waals surface area contributed by atoms with Gasteiger partial charge in [0.1, 0.15) is 4.60 Å². The van der Waals surface area contributed by atoms with Crippen LogP contribution in [-0.2, 0) is 0 Å². The molecule has 0 aromatic carbocycles. The average Bonchev–Trinajstić information content (AvgIpc) is 2.55. The average molecular weight is 254 g/mol. The van der Waals surface area contributed by atoms with Crippen molar-refractivity contribution in [1.29, 1.82) is 0 Å². The number of halogens is 2. The molecular weight excluding hydrogens is 243 g/mol. The molecule has 0 amide bonds. The van der Waals surface area contributed by atoms with E-state index in [-0.39, 0.29) is 12.4 Å². The minimum atomic E-state index is 0. The van der Waals surface area contributed by atoms with Crippen molar-refractivity contribution in [3.63, 3.8) is 0 Å². The number of rotatable bonds is 1. The molecule has 0 aliphatic carbocycles. The van der Waals surface area contributed by atoms with Gasteiger partial charge in [0, 0.05) is 6.07 Å². The van der Waals surface area contributed by atoms with Gasteiger partial charge in [-0.25, -0.2) is 0 Å². The molecule has 1 fully saturated rings. The van der Waals surface area contributed by atoms with Crippen molar-refractivity contribution < 1.29 is 4.52 Å². The van der Waals surface area contributed by atoms with E-state index in [0.29, 0.717) is 6.04 Å². The zero-order valence-corrected chi connectivity index (χ0v) is 8.82. The maximum Gasteiger partial charge on any atom is 0.154 e. The molecule has 3 nitrogen and oxygen atoms in total. The molecule has 2 heterocycles. The highest BCUT2D eigenvalue weighted by Gasteiger charge is 2.19. The van der Waals surface area contributed by atoms with Crippen LogP contribution in [0.25, 0.3) is 0 Å². The van der Waals surface area contributed by atoms with Gasteiger partial charge in [-0.15, -0.1) is 12.4 Å². The fourth-order valence-corrected chi connectivity index (χ4v) is 1.66. The van der Waals surface area contributed by atoms with Crippen LogP contribution in [0.3, 0.4) is 0 Å². The predicted octanol–water partition coefficient (Wildman–Crippen LogP) is 2.28. The van der Waals surface area contributed by atoms with Crippen LogP contribution >= 0.6 is 28.3 Å². The van der Waals surface area contributed by atoms with Crippen LogP contribution in [0, 0.1) is 0 Å². The van der Waals surface area contributed by atoms with Crippen molar-refractivity contribution in [2.75, 3.05) is 6.54 Å². The SMILES string of the molecule is Brc1cc(C2CCCN2)on1.Cl. The third-order valence-corrected chi connectivity index (χ3v) is 2.28. The van der Waals surface area contributed by atoms with E-state index in [0.717, 1.165) is 23.3 Å². The van der Waals surface area contributed by atoms with Gasteiger partial charge < -0.3 is 9.84 Å². The minimum absolute atomic E-state index is 0. The van der Waals surface area contributed by atoms with E-state index in [1.807, 2.05) is 6.07 Å². The van der Waals surface area contributed by atoms with Crippen molar-refractivity contribution >= 4 is 28.3 Å². The Labute approximate surface area is 85.4 Å². The number of nitrogens with one attached hydrogen (secondary N) is 1. The van der Waals surface area contributed by atoms with Crippen LogP contribution in [0.5, 0.6) is 0 Å². The first kappa shape index (κ1) is 10.0. The second-order valence-electron chi connectivity index (χ2n) is 2.70. The molecular formula is C7H10BrClN2O. The van der Waals surface area contributed by atoms with E-state index in [4.69, 9.17) is 4.52 Å². The van der Waals surface area contributed by atoms with Crippen LogP contribution in [0.1, 0.15) is 24.6 Å². The van der Waals surface area contributed by atoms with E-state index in [2.05, 4.69) is 26.4 Å². The van der Waals surface area contributed by atoms with Crippen molar-refractivity contribution in [3.05, 3.63) is 16.4 Å². The van der Waals surface area contributed by atoms with E-state index in [9.17, 15) is 0 Å². The molecule has 1 aliphatic heterocycles. The lowest BCUT2D eigenvalue weighted by molar-refractivity contribution is 0.349. The van der Waals surface area contributed by atoms with Crippen molar-refractivity contribution in [2.24, 2.45) is 0 Å². The quantitative estimate of drug-likeness (QED) is 0.834. The summed E-state index contributed by atoms with van der Waals surface area (Å²) in [5.74, 6) is 0.939. The molecule has 1 aromatic rings. The monoisotopic (exact) mass is 252 g/mol. The molecule has 68 valence electrons. The third-order valence-electron chi connectivity index (χ3n) is 1.90. The van der Waals surface area contributed by atoms with Gasteiger partial charge in [-0.05, 0) is 35.3 Å². The van der Waals surface area contributed by atoms with Crippen molar-refractivity contribution in [1.82, 2.24) is 10.5 Å². The van der Waals surface area contributed by atoms with Gasteiger partial charge in [-0.2, -0.15) is 0 Å². The Morgan fingerprint density at radius 1 is 1.67 bits per heavy atom. The Morgan fingerprint density at radius 2 is 2.50 bits per heavy atom. The molecule has 12 heavy (non-hydrogen) atoms. The summed E-state index contributed by atoms with van der Waals surface area (Å²) >= 11 is 3.25. The zero-order chi connectivity index (χ0) is 7.68. The first-order valence-corrected chi connectivity index (χ1v) is 4.51. The number of nitrogens with zero attached hydrogens (tertiary/aromatic N) is 1. The molecule has 1 unspecified atom stereocenters. The van der Waals surface area contributed by atoms with E-state index in [1.54, 1.807) is 0 Å². The van der Waals surface area contributed by atoms with E-state index < -0.39 is 0 Å².